The molecule has 2 heterocycles. The lowest BCUT2D eigenvalue weighted by atomic mass is 10.0. The summed E-state index contributed by atoms with van der Waals surface area (Å²) in [7, 11) is 0. The van der Waals surface area contributed by atoms with Gasteiger partial charge >= 0.3 is 6.03 Å². The summed E-state index contributed by atoms with van der Waals surface area (Å²) in [6.07, 6.45) is 1.66. The van der Waals surface area contributed by atoms with E-state index < -0.39 is 11.9 Å². The number of nitrogens with one attached hydrogen (secondary N) is 2. The fourth-order valence-corrected chi connectivity index (χ4v) is 4.53. The highest BCUT2D eigenvalue weighted by molar-refractivity contribution is 7.17. The molecule has 0 bridgehead atoms. The maximum atomic E-state index is 12.3. The predicted octanol–water partition coefficient (Wildman–Crippen LogP) is 2.85. The lowest BCUT2D eigenvalue weighted by molar-refractivity contribution is 0.1000. The number of thiophene rings is 1. The molecule has 144 valence electrons. The van der Waals surface area contributed by atoms with Crippen molar-refractivity contribution in [3.8, 4) is 0 Å². The second kappa shape index (κ2) is 8.71. The number of carbonyl (C=O) groups excluding carboxylic acids is 2. The number of halogens is 1. The minimum absolute atomic E-state index is 0.416. The normalized spacial score (nSPS) is 13.9. The summed E-state index contributed by atoms with van der Waals surface area (Å²) < 4.78 is 0. The van der Waals surface area contributed by atoms with Gasteiger partial charge in [0.2, 0.25) is 0 Å². The Morgan fingerprint density at radius 2 is 1.96 bits per heavy atom. The molecule has 1 aromatic heterocycles. The maximum absolute atomic E-state index is 12.3. The van der Waals surface area contributed by atoms with Crippen LogP contribution >= 0.6 is 22.9 Å². The number of nitrogens with two attached hydrogens (primary N) is 2. The third-order valence-corrected chi connectivity index (χ3v) is 5.77. The Bertz CT molecular complexity index is 837. The molecule has 0 atom stereocenters. The lowest BCUT2D eigenvalue weighted by Gasteiger charge is -2.26. The smallest absolute Gasteiger partial charge is 0.324 e. The van der Waals surface area contributed by atoms with Crippen molar-refractivity contribution < 1.29 is 9.59 Å². The monoisotopic (exact) mass is 407 g/mol. The molecule has 1 aliphatic heterocycles. The SMILES string of the molecule is NCCCN1CCc2c(sc(NC(=O)Nc3ccc(Cl)cc3)c2C(N)=O)C1. The Balaban J connectivity index is 1.75. The molecule has 6 N–H and O–H groups in total. The van der Waals surface area contributed by atoms with Crippen LogP contribution in [0.1, 0.15) is 27.2 Å². The van der Waals surface area contributed by atoms with Gasteiger partial charge in [-0.05, 0) is 55.8 Å². The van der Waals surface area contributed by atoms with Crippen molar-refractivity contribution in [2.24, 2.45) is 11.5 Å². The largest absolute Gasteiger partial charge is 0.365 e. The molecule has 2 aromatic rings. The van der Waals surface area contributed by atoms with Crippen LogP contribution in [0.25, 0.3) is 0 Å². The van der Waals surface area contributed by atoms with Crippen LogP contribution in [0.3, 0.4) is 0 Å². The standard InChI is InChI=1S/C18H22ClN5O2S/c19-11-2-4-12(5-3-11)22-18(26)23-17-15(16(21)25)13-6-9-24(8-1-7-20)10-14(13)27-17/h2-5H,1,6-10,20H2,(H2,21,25)(H2,22,23,26). The molecule has 0 saturated carbocycles. The van der Waals surface area contributed by atoms with E-state index in [-0.39, 0.29) is 0 Å². The van der Waals surface area contributed by atoms with Gasteiger partial charge in [0.15, 0.2) is 0 Å². The molecular weight excluding hydrogens is 386 g/mol. The maximum Gasteiger partial charge on any atom is 0.324 e. The lowest BCUT2D eigenvalue weighted by Crippen LogP contribution is -2.32. The second-order valence-corrected chi connectivity index (χ2v) is 7.87. The second-order valence-electron chi connectivity index (χ2n) is 6.33. The summed E-state index contributed by atoms with van der Waals surface area (Å²) in [5.74, 6) is -0.523. The number of anilines is 2. The van der Waals surface area contributed by atoms with Gasteiger partial charge in [0.1, 0.15) is 5.00 Å². The number of amides is 3. The van der Waals surface area contributed by atoms with E-state index in [0.29, 0.717) is 27.8 Å². The van der Waals surface area contributed by atoms with Gasteiger partial charge in [-0.15, -0.1) is 11.3 Å². The van der Waals surface area contributed by atoms with Gasteiger partial charge in [0.05, 0.1) is 5.56 Å². The molecule has 27 heavy (non-hydrogen) atoms. The predicted molar refractivity (Wildman–Crippen MR) is 110 cm³/mol. The number of urea groups is 1. The topological polar surface area (TPSA) is 113 Å². The molecule has 3 amide bonds. The summed E-state index contributed by atoms with van der Waals surface area (Å²) in [6, 6.07) is 6.34. The number of carbonyl (C=O) groups is 2. The van der Waals surface area contributed by atoms with E-state index in [0.717, 1.165) is 42.9 Å². The van der Waals surface area contributed by atoms with Crippen molar-refractivity contribution in [2.45, 2.75) is 19.4 Å². The molecule has 3 rings (SSSR count). The zero-order valence-corrected chi connectivity index (χ0v) is 16.3. The highest BCUT2D eigenvalue weighted by Crippen LogP contribution is 2.37. The number of hydrogen-bond donors (Lipinski definition) is 4. The number of fused-ring (bicyclic) bond motifs is 1. The van der Waals surface area contributed by atoms with Gasteiger partial charge in [0, 0.05) is 28.7 Å². The Kier molecular flexibility index (Phi) is 6.33. The van der Waals surface area contributed by atoms with Gasteiger partial charge in [-0.3, -0.25) is 15.0 Å². The van der Waals surface area contributed by atoms with Crippen molar-refractivity contribution in [3.05, 3.63) is 45.3 Å². The van der Waals surface area contributed by atoms with E-state index in [4.69, 9.17) is 23.1 Å². The number of hydrogen-bond acceptors (Lipinski definition) is 5. The van der Waals surface area contributed by atoms with Crippen molar-refractivity contribution in [1.82, 2.24) is 4.90 Å². The van der Waals surface area contributed by atoms with Crippen molar-refractivity contribution in [3.63, 3.8) is 0 Å². The van der Waals surface area contributed by atoms with Crippen LogP contribution in [-0.4, -0.2) is 36.5 Å². The van der Waals surface area contributed by atoms with E-state index in [1.165, 1.54) is 11.3 Å². The van der Waals surface area contributed by atoms with E-state index in [1.807, 2.05) is 0 Å². The minimum atomic E-state index is -0.523. The molecule has 9 heteroatoms. The number of benzene rings is 1. The van der Waals surface area contributed by atoms with E-state index in [2.05, 4.69) is 15.5 Å². The zero-order chi connectivity index (χ0) is 19.4. The van der Waals surface area contributed by atoms with Crippen LogP contribution < -0.4 is 22.1 Å². The Morgan fingerprint density at radius 3 is 2.63 bits per heavy atom. The van der Waals surface area contributed by atoms with E-state index >= 15 is 0 Å². The Morgan fingerprint density at radius 1 is 1.22 bits per heavy atom. The molecule has 0 saturated heterocycles. The average Bonchev–Trinajstić information content (AvgIpc) is 2.98. The summed E-state index contributed by atoms with van der Waals surface area (Å²) in [5.41, 5.74) is 13.1. The first kappa shape index (κ1) is 19.6. The van der Waals surface area contributed by atoms with Gasteiger partial charge in [-0.1, -0.05) is 11.6 Å². The fraction of sp³-hybridized carbons (Fsp3) is 0.333. The van der Waals surface area contributed by atoms with Crippen LogP contribution in [-0.2, 0) is 13.0 Å². The van der Waals surface area contributed by atoms with Crippen LogP contribution in [0, 0.1) is 0 Å². The summed E-state index contributed by atoms with van der Waals surface area (Å²) >= 11 is 7.25. The van der Waals surface area contributed by atoms with Gasteiger partial charge in [0.25, 0.3) is 5.91 Å². The van der Waals surface area contributed by atoms with Gasteiger partial charge < -0.3 is 16.8 Å². The summed E-state index contributed by atoms with van der Waals surface area (Å²) in [6.45, 7) is 3.15. The highest BCUT2D eigenvalue weighted by atomic mass is 35.5. The number of rotatable bonds is 6. The van der Waals surface area contributed by atoms with Crippen molar-refractivity contribution in [2.75, 3.05) is 30.3 Å². The number of nitrogens with zero attached hydrogens (tertiary/aromatic N) is 1. The first-order chi connectivity index (χ1) is 13.0. The molecule has 0 aliphatic carbocycles. The quantitative estimate of drug-likeness (QED) is 0.589. The van der Waals surface area contributed by atoms with Gasteiger partial charge in [-0.25, -0.2) is 4.79 Å². The molecule has 1 aliphatic rings. The van der Waals surface area contributed by atoms with E-state index in [9.17, 15) is 9.59 Å². The van der Waals surface area contributed by atoms with E-state index in [1.54, 1.807) is 24.3 Å². The molecule has 0 unspecified atom stereocenters. The molecule has 7 nitrogen and oxygen atoms in total. The molecule has 1 aromatic carbocycles. The number of primary amides is 1. The fourth-order valence-electron chi connectivity index (χ4n) is 3.11. The zero-order valence-electron chi connectivity index (χ0n) is 14.8. The third-order valence-electron chi connectivity index (χ3n) is 4.39. The summed E-state index contributed by atoms with van der Waals surface area (Å²) in [4.78, 5) is 27.7. The first-order valence-corrected chi connectivity index (χ1v) is 9.87. The van der Waals surface area contributed by atoms with Crippen LogP contribution in [0.4, 0.5) is 15.5 Å². The third kappa shape index (κ3) is 4.78. The van der Waals surface area contributed by atoms with Crippen molar-refractivity contribution in [1.29, 1.82) is 0 Å². The average molecular weight is 408 g/mol. The minimum Gasteiger partial charge on any atom is -0.365 e. The highest BCUT2D eigenvalue weighted by Gasteiger charge is 2.27. The molecule has 0 radical (unpaired) electrons. The van der Waals surface area contributed by atoms with Crippen molar-refractivity contribution >= 4 is 45.6 Å². The molecule has 0 spiro atoms. The van der Waals surface area contributed by atoms with Crippen LogP contribution in [0.2, 0.25) is 5.02 Å². The van der Waals surface area contributed by atoms with Crippen LogP contribution in [0.5, 0.6) is 0 Å². The van der Waals surface area contributed by atoms with Crippen LogP contribution in [0.15, 0.2) is 24.3 Å². The Hall–Kier alpha value is -2.13. The molecule has 0 fully saturated rings. The Labute approximate surface area is 166 Å². The first-order valence-electron chi connectivity index (χ1n) is 8.68. The van der Waals surface area contributed by atoms with Gasteiger partial charge in [-0.2, -0.15) is 0 Å². The molecular formula is C18H22ClN5O2S. The summed E-state index contributed by atoms with van der Waals surface area (Å²) in [5, 5.41) is 6.56.